The van der Waals surface area contributed by atoms with Gasteiger partial charge in [0.2, 0.25) is 0 Å². The molecule has 2 aromatic rings. The van der Waals surface area contributed by atoms with Crippen LogP contribution in [0, 0.1) is 6.92 Å². The van der Waals surface area contributed by atoms with E-state index in [0.717, 1.165) is 22.0 Å². The lowest BCUT2D eigenvalue weighted by Gasteiger charge is -2.14. The van der Waals surface area contributed by atoms with Gasteiger partial charge in [0.25, 0.3) is 0 Å². The lowest BCUT2D eigenvalue weighted by atomic mass is 10.1. The largest absolute Gasteiger partial charge is 0.383 e. The highest BCUT2D eigenvalue weighted by Crippen LogP contribution is 2.23. The molecule has 0 bridgehead atoms. The van der Waals surface area contributed by atoms with Crippen molar-refractivity contribution in [2.75, 3.05) is 19.0 Å². The third kappa shape index (κ3) is 3.31. The number of rotatable bonds is 5. The summed E-state index contributed by atoms with van der Waals surface area (Å²) in [6.45, 7) is 4.82. The van der Waals surface area contributed by atoms with E-state index in [1.54, 1.807) is 18.4 Å². The molecule has 0 spiro atoms. The number of hydrogen-bond acceptors (Lipinski definition) is 4. The number of aromatic nitrogens is 1. The molecule has 0 fully saturated rings. The van der Waals surface area contributed by atoms with Crippen LogP contribution in [-0.4, -0.2) is 24.7 Å². The standard InChI is InChI=1S/C14H18N2OS/c1-10(8-17-3)15-13-6-4-12(5-7-13)14-9-18-11(2)16-14/h4-7,9-10,15H,8H2,1-3H3. The second-order valence-electron chi connectivity index (χ2n) is 4.33. The molecule has 1 N–H and O–H groups in total. The van der Waals surface area contributed by atoms with Crippen LogP contribution in [0.15, 0.2) is 29.6 Å². The van der Waals surface area contributed by atoms with Gasteiger partial charge in [-0.15, -0.1) is 11.3 Å². The van der Waals surface area contributed by atoms with Crippen LogP contribution in [0.3, 0.4) is 0 Å². The average Bonchev–Trinajstić information content (AvgIpc) is 2.77. The number of thiazole rings is 1. The zero-order valence-corrected chi connectivity index (χ0v) is 11.8. The molecule has 0 aliphatic rings. The van der Waals surface area contributed by atoms with E-state index in [2.05, 4.69) is 46.9 Å². The fourth-order valence-electron chi connectivity index (χ4n) is 1.81. The molecule has 1 atom stereocenters. The quantitative estimate of drug-likeness (QED) is 0.894. The van der Waals surface area contributed by atoms with E-state index in [1.807, 2.05) is 6.92 Å². The van der Waals surface area contributed by atoms with Crippen molar-refractivity contribution < 1.29 is 4.74 Å². The maximum absolute atomic E-state index is 5.10. The molecule has 2 rings (SSSR count). The average molecular weight is 262 g/mol. The Morgan fingerprint density at radius 1 is 1.33 bits per heavy atom. The van der Waals surface area contributed by atoms with Gasteiger partial charge in [-0.2, -0.15) is 0 Å². The van der Waals surface area contributed by atoms with Gasteiger partial charge in [0.1, 0.15) is 0 Å². The van der Waals surface area contributed by atoms with E-state index in [-0.39, 0.29) is 0 Å². The molecule has 0 radical (unpaired) electrons. The summed E-state index contributed by atoms with van der Waals surface area (Å²) < 4.78 is 5.10. The van der Waals surface area contributed by atoms with Crippen molar-refractivity contribution in [3.05, 3.63) is 34.7 Å². The third-order valence-electron chi connectivity index (χ3n) is 2.63. The summed E-state index contributed by atoms with van der Waals surface area (Å²) in [6.07, 6.45) is 0. The highest BCUT2D eigenvalue weighted by Gasteiger charge is 2.04. The summed E-state index contributed by atoms with van der Waals surface area (Å²) in [5.41, 5.74) is 3.31. The van der Waals surface area contributed by atoms with Gasteiger partial charge in [-0.3, -0.25) is 0 Å². The number of benzene rings is 1. The summed E-state index contributed by atoms with van der Waals surface area (Å²) in [5, 5.41) is 6.57. The van der Waals surface area contributed by atoms with Crippen molar-refractivity contribution in [3.63, 3.8) is 0 Å². The fraction of sp³-hybridized carbons (Fsp3) is 0.357. The van der Waals surface area contributed by atoms with Gasteiger partial charge >= 0.3 is 0 Å². The Hall–Kier alpha value is -1.39. The van der Waals surface area contributed by atoms with Crippen molar-refractivity contribution in [2.24, 2.45) is 0 Å². The van der Waals surface area contributed by atoms with Crippen molar-refractivity contribution in [1.29, 1.82) is 0 Å². The summed E-state index contributed by atoms with van der Waals surface area (Å²) in [7, 11) is 1.71. The number of ether oxygens (including phenoxy) is 1. The number of methoxy groups -OCH3 is 1. The van der Waals surface area contributed by atoms with Crippen LogP contribution >= 0.6 is 11.3 Å². The Balaban J connectivity index is 2.06. The topological polar surface area (TPSA) is 34.1 Å². The van der Waals surface area contributed by atoms with Crippen LogP contribution in [0.1, 0.15) is 11.9 Å². The molecule has 1 heterocycles. The van der Waals surface area contributed by atoms with Gasteiger partial charge in [-0.1, -0.05) is 12.1 Å². The molecule has 3 nitrogen and oxygen atoms in total. The molecule has 18 heavy (non-hydrogen) atoms. The van der Waals surface area contributed by atoms with Crippen LogP contribution in [0.25, 0.3) is 11.3 Å². The number of aryl methyl sites for hydroxylation is 1. The molecule has 0 saturated carbocycles. The van der Waals surface area contributed by atoms with Crippen LogP contribution in [0.2, 0.25) is 0 Å². The number of nitrogens with one attached hydrogen (secondary N) is 1. The fourth-order valence-corrected chi connectivity index (χ4v) is 2.43. The normalized spacial score (nSPS) is 12.4. The molecule has 4 heteroatoms. The molecule has 0 amide bonds. The molecule has 1 aromatic carbocycles. The smallest absolute Gasteiger partial charge is 0.0901 e. The molecule has 0 aliphatic heterocycles. The van der Waals surface area contributed by atoms with Crippen LogP contribution < -0.4 is 5.32 Å². The molecule has 1 aromatic heterocycles. The van der Waals surface area contributed by atoms with Crippen LogP contribution in [0.4, 0.5) is 5.69 Å². The van der Waals surface area contributed by atoms with Gasteiger partial charge < -0.3 is 10.1 Å². The maximum Gasteiger partial charge on any atom is 0.0901 e. The summed E-state index contributed by atoms with van der Waals surface area (Å²) >= 11 is 1.68. The highest BCUT2D eigenvalue weighted by atomic mass is 32.1. The summed E-state index contributed by atoms with van der Waals surface area (Å²) in [6, 6.07) is 8.65. The van der Waals surface area contributed by atoms with Crippen molar-refractivity contribution in [3.8, 4) is 11.3 Å². The van der Waals surface area contributed by atoms with Gasteiger partial charge in [0.15, 0.2) is 0 Å². The van der Waals surface area contributed by atoms with Crippen molar-refractivity contribution in [2.45, 2.75) is 19.9 Å². The zero-order chi connectivity index (χ0) is 13.0. The lowest BCUT2D eigenvalue weighted by Crippen LogP contribution is -2.20. The second kappa shape index (κ2) is 5.98. The molecule has 1 unspecified atom stereocenters. The zero-order valence-electron chi connectivity index (χ0n) is 10.9. The van der Waals surface area contributed by atoms with Crippen molar-refractivity contribution >= 4 is 17.0 Å². The van der Waals surface area contributed by atoms with E-state index < -0.39 is 0 Å². The van der Waals surface area contributed by atoms with Gasteiger partial charge in [-0.25, -0.2) is 4.98 Å². The van der Waals surface area contributed by atoms with E-state index in [4.69, 9.17) is 4.74 Å². The van der Waals surface area contributed by atoms with Crippen LogP contribution in [-0.2, 0) is 4.74 Å². The number of nitrogens with zero attached hydrogens (tertiary/aromatic N) is 1. The molecular formula is C14H18N2OS. The minimum Gasteiger partial charge on any atom is -0.383 e. The number of anilines is 1. The van der Waals surface area contributed by atoms with E-state index >= 15 is 0 Å². The van der Waals surface area contributed by atoms with E-state index in [0.29, 0.717) is 12.6 Å². The second-order valence-corrected chi connectivity index (χ2v) is 5.39. The third-order valence-corrected chi connectivity index (χ3v) is 3.40. The number of hydrogen-bond donors (Lipinski definition) is 1. The predicted octanol–water partition coefficient (Wildman–Crippen LogP) is 3.57. The first-order valence-corrected chi connectivity index (χ1v) is 6.85. The maximum atomic E-state index is 5.10. The van der Waals surface area contributed by atoms with Crippen molar-refractivity contribution in [1.82, 2.24) is 4.98 Å². The molecule has 0 aliphatic carbocycles. The van der Waals surface area contributed by atoms with E-state index in [9.17, 15) is 0 Å². The minimum absolute atomic E-state index is 0.308. The first-order valence-electron chi connectivity index (χ1n) is 5.97. The Morgan fingerprint density at radius 2 is 2.06 bits per heavy atom. The molecule has 96 valence electrons. The summed E-state index contributed by atoms with van der Waals surface area (Å²) in [5.74, 6) is 0. The summed E-state index contributed by atoms with van der Waals surface area (Å²) in [4.78, 5) is 4.48. The van der Waals surface area contributed by atoms with E-state index in [1.165, 1.54) is 0 Å². The highest BCUT2D eigenvalue weighted by molar-refractivity contribution is 7.09. The Morgan fingerprint density at radius 3 is 2.61 bits per heavy atom. The first kappa shape index (κ1) is 13.1. The predicted molar refractivity (Wildman–Crippen MR) is 77.2 cm³/mol. The lowest BCUT2D eigenvalue weighted by molar-refractivity contribution is 0.190. The van der Waals surface area contributed by atoms with Gasteiger partial charge in [-0.05, 0) is 26.0 Å². The minimum atomic E-state index is 0.308. The van der Waals surface area contributed by atoms with Gasteiger partial charge in [0, 0.05) is 29.8 Å². The van der Waals surface area contributed by atoms with Crippen LogP contribution in [0.5, 0.6) is 0 Å². The Labute approximate surface area is 112 Å². The molecular weight excluding hydrogens is 244 g/mol. The Bertz CT molecular complexity index is 493. The SMILES string of the molecule is COCC(C)Nc1ccc(-c2csc(C)n2)cc1. The molecule has 0 saturated heterocycles. The van der Waals surface area contributed by atoms with Gasteiger partial charge in [0.05, 0.1) is 17.3 Å². The first-order chi connectivity index (χ1) is 8.69. The Kier molecular flexibility index (Phi) is 4.33. The monoisotopic (exact) mass is 262 g/mol.